The smallest absolute Gasteiger partial charge is 0.322 e. The van der Waals surface area contributed by atoms with Crippen molar-refractivity contribution in [1.82, 2.24) is 10.6 Å². The first-order valence-corrected chi connectivity index (χ1v) is 9.99. The molecule has 1 rings (SSSR count). The minimum absolute atomic E-state index is 0.00287. The second-order valence-corrected chi connectivity index (χ2v) is 7.31. The first-order chi connectivity index (χ1) is 14.1. The molecule has 0 aromatic heterocycles. The van der Waals surface area contributed by atoms with Crippen LogP contribution in [0.3, 0.4) is 0 Å². The molecule has 12 heteroatoms. The van der Waals surface area contributed by atoms with E-state index in [1.165, 1.54) is 0 Å². The van der Waals surface area contributed by atoms with Crippen LogP contribution in [0.4, 0.5) is 5.69 Å². The highest BCUT2D eigenvalue weighted by molar-refractivity contribution is 8.00. The fourth-order valence-electron chi connectivity index (χ4n) is 2.17. The van der Waals surface area contributed by atoms with Gasteiger partial charge in [0.25, 0.3) is 0 Å². The Balaban J connectivity index is 2.63. The first-order valence-electron chi connectivity index (χ1n) is 8.84. The molecule has 0 radical (unpaired) electrons. The maximum atomic E-state index is 12.2. The Morgan fingerprint density at radius 3 is 2.27 bits per heavy atom. The molecule has 11 nitrogen and oxygen atoms in total. The molecule has 2 amide bonds. The fraction of sp³-hybridized carbons (Fsp3) is 0.389. The molecule has 2 atom stereocenters. The van der Waals surface area contributed by atoms with Crippen LogP contribution in [0.5, 0.6) is 0 Å². The molecule has 0 spiro atoms. The minimum Gasteiger partial charge on any atom is -0.480 e. The number of nitrogen functional groups attached to an aromatic ring is 1. The maximum Gasteiger partial charge on any atom is 0.322 e. The molecule has 0 aliphatic rings. The van der Waals surface area contributed by atoms with Gasteiger partial charge in [0.1, 0.15) is 18.6 Å². The Hall–Kier alpha value is -3.12. The number of thioether (sulfide) groups is 1. The van der Waals surface area contributed by atoms with E-state index in [0.717, 1.165) is 11.8 Å². The lowest BCUT2D eigenvalue weighted by atomic mass is 10.1. The van der Waals surface area contributed by atoms with E-state index in [9.17, 15) is 24.0 Å². The molecule has 1 aromatic carbocycles. The van der Waals surface area contributed by atoms with Crippen molar-refractivity contribution in [3.63, 3.8) is 0 Å². The Labute approximate surface area is 176 Å². The highest BCUT2D eigenvalue weighted by Crippen LogP contribution is 2.11. The van der Waals surface area contributed by atoms with Crippen LogP contribution in [0.15, 0.2) is 24.3 Å². The van der Waals surface area contributed by atoms with E-state index >= 15 is 0 Å². The van der Waals surface area contributed by atoms with E-state index in [4.69, 9.17) is 21.7 Å². The van der Waals surface area contributed by atoms with Crippen molar-refractivity contribution in [2.24, 2.45) is 5.73 Å². The summed E-state index contributed by atoms with van der Waals surface area (Å²) in [5, 5.41) is 22.0. The summed E-state index contributed by atoms with van der Waals surface area (Å²) in [5.74, 6) is -4.05. The normalized spacial score (nSPS) is 12.4. The van der Waals surface area contributed by atoms with E-state index in [0.29, 0.717) is 11.3 Å². The van der Waals surface area contributed by atoms with Crippen molar-refractivity contribution in [3.8, 4) is 0 Å². The van der Waals surface area contributed by atoms with Crippen molar-refractivity contribution < 1.29 is 34.2 Å². The third-order valence-electron chi connectivity index (χ3n) is 3.82. The number of aliphatic carboxylic acids is 2. The molecule has 0 fully saturated rings. The zero-order chi connectivity index (χ0) is 22.7. The molecule has 164 valence electrons. The van der Waals surface area contributed by atoms with Gasteiger partial charge in [-0.15, -0.1) is 0 Å². The minimum atomic E-state index is -1.26. The van der Waals surface area contributed by atoms with Gasteiger partial charge in [-0.25, -0.2) is 0 Å². The largest absolute Gasteiger partial charge is 0.480 e. The molecule has 8 N–H and O–H groups in total. The SMILES string of the molecule is Nc1ccc(C(=O)CSC[C@@H](NC(=O)CC[C@H](N)C(=O)O)C(=O)NCC(=O)O)cc1. The Morgan fingerprint density at radius 2 is 1.70 bits per heavy atom. The predicted octanol–water partition coefficient (Wildman–Crippen LogP) is -0.938. The number of rotatable bonds is 13. The Kier molecular flexibility index (Phi) is 10.3. The maximum absolute atomic E-state index is 12.2. The highest BCUT2D eigenvalue weighted by atomic mass is 32.2. The van der Waals surface area contributed by atoms with Crippen LogP contribution in [0, 0.1) is 0 Å². The van der Waals surface area contributed by atoms with E-state index < -0.39 is 42.4 Å². The number of nitrogens with one attached hydrogen (secondary N) is 2. The van der Waals surface area contributed by atoms with Crippen molar-refractivity contribution in [3.05, 3.63) is 29.8 Å². The molecule has 1 aromatic rings. The van der Waals surface area contributed by atoms with Crippen LogP contribution in [-0.2, 0) is 19.2 Å². The van der Waals surface area contributed by atoms with Gasteiger partial charge in [0.05, 0.1) is 5.75 Å². The monoisotopic (exact) mass is 440 g/mol. The number of nitrogens with two attached hydrogens (primary N) is 2. The summed E-state index contributed by atoms with van der Waals surface area (Å²) in [4.78, 5) is 57.8. The number of anilines is 1. The van der Waals surface area contributed by atoms with Crippen molar-refractivity contribution in [1.29, 1.82) is 0 Å². The van der Waals surface area contributed by atoms with Gasteiger partial charge < -0.3 is 32.3 Å². The van der Waals surface area contributed by atoms with Gasteiger partial charge in [0, 0.05) is 23.4 Å². The number of benzene rings is 1. The molecule has 0 heterocycles. The van der Waals surface area contributed by atoms with Gasteiger partial charge in [-0.2, -0.15) is 11.8 Å². The van der Waals surface area contributed by atoms with Gasteiger partial charge in [0.2, 0.25) is 11.8 Å². The quantitative estimate of drug-likeness (QED) is 0.164. The Morgan fingerprint density at radius 1 is 1.07 bits per heavy atom. The van der Waals surface area contributed by atoms with Crippen molar-refractivity contribution in [2.45, 2.75) is 24.9 Å². The number of Topliss-reactive ketones (excluding diaryl/α,β-unsaturated/α-hetero) is 1. The highest BCUT2D eigenvalue weighted by Gasteiger charge is 2.23. The van der Waals surface area contributed by atoms with Crippen LogP contribution in [0.2, 0.25) is 0 Å². The van der Waals surface area contributed by atoms with E-state index in [-0.39, 0.29) is 30.1 Å². The van der Waals surface area contributed by atoms with E-state index in [1.54, 1.807) is 24.3 Å². The number of carbonyl (C=O) groups excluding carboxylic acids is 3. The topological polar surface area (TPSA) is 202 Å². The number of hydrogen-bond acceptors (Lipinski definition) is 8. The predicted molar refractivity (Wildman–Crippen MR) is 110 cm³/mol. The second kappa shape index (κ2) is 12.4. The second-order valence-electron chi connectivity index (χ2n) is 6.28. The average Bonchev–Trinajstić information content (AvgIpc) is 2.69. The number of ketones is 1. The zero-order valence-electron chi connectivity index (χ0n) is 16.0. The summed E-state index contributed by atoms with van der Waals surface area (Å²) in [5.41, 5.74) is 11.9. The molecule has 0 unspecified atom stereocenters. The summed E-state index contributed by atoms with van der Waals surface area (Å²) in [6.07, 6.45) is -0.362. The molecular weight excluding hydrogens is 416 g/mol. The van der Waals surface area contributed by atoms with Crippen LogP contribution in [-0.4, -0.2) is 69.9 Å². The standard InChI is InChI=1S/C18H24N4O7S/c19-11-3-1-10(2-4-11)14(23)9-30-8-13(17(27)21-7-16(25)26)22-15(24)6-5-12(20)18(28)29/h1-4,12-13H,5-9,19-20H2,(H,21,27)(H,22,24)(H,25,26)(H,28,29)/t12-,13+/m0/s1. The lowest BCUT2D eigenvalue weighted by Gasteiger charge is -2.18. The van der Waals surface area contributed by atoms with Crippen LogP contribution < -0.4 is 22.1 Å². The van der Waals surface area contributed by atoms with Crippen molar-refractivity contribution in [2.75, 3.05) is 23.8 Å². The summed E-state index contributed by atoms with van der Waals surface area (Å²) in [6, 6.07) is 3.99. The molecule has 0 aliphatic carbocycles. The molecule has 0 aliphatic heterocycles. The lowest BCUT2D eigenvalue weighted by Crippen LogP contribution is -2.49. The fourth-order valence-corrected chi connectivity index (χ4v) is 3.11. The van der Waals surface area contributed by atoms with E-state index in [2.05, 4.69) is 10.6 Å². The average molecular weight is 440 g/mol. The van der Waals surface area contributed by atoms with Gasteiger partial charge >= 0.3 is 11.9 Å². The van der Waals surface area contributed by atoms with Gasteiger partial charge in [0.15, 0.2) is 5.78 Å². The van der Waals surface area contributed by atoms with Gasteiger partial charge in [-0.3, -0.25) is 24.0 Å². The number of carboxylic acids is 2. The molecule has 0 saturated heterocycles. The van der Waals surface area contributed by atoms with Crippen LogP contribution in [0.25, 0.3) is 0 Å². The lowest BCUT2D eigenvalue weighted by molar-refractivity contribution is -0.139. The van der Waals surface area contributed by atoms with Gasteiger partial charge in [-0.05, 0) is 30.7 Å². The number of amides is 2. The van der Waals surface area contributed by atoms with E-state index in [1.807, 2.05) is 0 Å². The van der Waals surface area contributed by atoms with Crippen molar-refractivity contribution >= 4 is 47.0 Å². The molecular formula is C18H24N4O7S. The summed E-state index contributed by atoms with van der Waals surface area (Å²) in [6.45, 7) is -0.635. The molecule has 30 heavy (non-hydrogen) atoms. The number of carboxylic acid groups (broad SMARTS) is 2. The summed E-state index contributed by atoms with van der Waals surface area (Å²) >= 11 is 1.08. The summed E-state index contributed by atoms with van der Waals surface area (Å²) < 4.78 is 0. The number of hydrogen-bond donors (Lipinski definition) is 6. The van der Waals surface area contributed by atoms with Gasteiger partial charge in [-0.1, -0.05) is 0 Å². The Bertz CT molecular complexity index is 785. The third-order valence-corrected chi connectivity index (χ3v) is 4.85. The molecule has 0 saturated carbocycles. The zero-order valence-corrected chi connectivity index (χ0v) is 16.8. The first kappa shape index (κ1) is 24.9. The van der Waals surface area contributed by atoms with Crippen LogP contribution in [0.1, 0.15) is 23.2 Å². The van der Waals surface area contributed by atoms with Crippen LogP contribution >= 0.6 is 11.8 Å². The molecule has 0 bridgehead atoms. The third kappa shape index (κ3) is 9.39. The summed E-state index contributed by atoms with van der Waals surface area (Å²) in [7, 11) is 0. The number of carbonyl (C=O) groups is 5.